The monoisotopic (exact) mass is 495 g/mol. The van der Waals surface area contributed by atoms with Gasteiger partial charge in [-0.05, 0) is 30.9 Å². The number of nitrogens with zero attached hydrogens (tertiary/aromatic N) is 2. The van der Waals surface area contributed by atoms with Crippen molar-refractivity contribution in [2.45, 2.75) is 50.2 Å². The average Bonchev–Trinajstić information content (AvgIpc) is 3.27. The van der Waals surface area contributed by atoms with E-state index in [0.717, 1.165) is 12.8 Å². The van der Waals surface area contributed by atoms with Gasteiger partial charge in [-0.25, -0.2) is 8.42 Å². The van der Waals surface area contributed by atoms with Gasteiger partial charge in [-0.1, -0.05) is 13.8 Å². The second kappa shape index (κ2) is 10.5. The summed E-state index contributed by atoms with van der Waals surface area (Å²) in [5, 5.41) is 0. The van der Waals surface area contributed by atoms with Gasteiger partial charge in [0.2, 0.25) is 15.9 Å². The molecule has 188 valence electrons. The molecule has 3 heterocycles. The Morgan fingerprint density at radius 1 is 0.971 bits per heavy atom. The molecule has 1 N–H and O–H groups in total. The lowest BCUT2D eigenvalue weighted by Gasteiger charge is -2.38. The van der Waals surface area contributed by atoms with Crippen molar-refractivity contribution in [2.24, 2.45) is 5.92 Å². The number of fused-ring (bicyclic) bond motifs is 1. The van der Waals surface area contributed by atoms with E-state index in [-0.39, 0.29) is 28.7 Å². The fourth-order valence-corrected chi connectivity index (χ4v) is 5.69. The molecule has 3 aliphatic heterocycles. The van der Waals surface area contributed by atoms with Crippen molar-refractivity contribution in [3.8, 4) is 11.5 Å². The van der Waals surface area contributed by atoms with E-state index in [4.69, 9.17) is 14.2 Å². The van der Waals surface area contributed by atoms with Crippen LogP contribution < -0.4 is 14.2 Å². The number of hydrogen-bond donors (Lipinski definition) is 1. The molecule has 0 radical (unpaired) electrons. The minimum Gasteiger partial charge on any atom is -0.490 e. The van der Waals surface area contributed by atoms with E-state index in [1.807, 2.05) is 0 Å². The molecule has 3 aliphatic rings. The van der Waals surface area contributed by atoms with E-state index in [2.05, 4.69) is 4.72 Å². The van der Waals surface area contributed by atoms with Crippen LogP contribution in [-0.2, 0) is 24.3 Å². The third kappa shape index (κ3) is 5.47. The first-order valence-electron chi connectivity index (χ1n) is 11.9. The zero-order valence-electron chi connectivity index (χ0n) is 19.7. The van der Waals surface area contributed by atoms with Crippen molar-refractivity contribution in [3.05, 3.63) is 18.2 Å². The van der Waals surface area contributed by atoms with Crippen LogP contribution in [0.5, 0.6) is 11.5 Å². The summed E-state index contributed by atoms with van der Waals surface area (Å²) in [6.45, 7) is 6.68. The average molecular weight is 496 g/mol. The molecule has 2 amide bonds. The van der Waals surface area contributed by atoms with Crippen LogP contribution in [0.2, 0.25) is 0 Å². The van der Waals surface area contributed by atoms with Gasteiger partial charge >= 0.3 is 0 Å². The summed E-state index contributed by atoms with van der Waals surface area (Å²) in [6.07, 6.45) is 1.95. The topological polar surface area (TPSA) is 114 Å². The first kappa shape index (κ1) is 24.7. The molecule has 2 saturated heterocycles. The summed E-state index contributed by atoms with van der Waals surface area (Å²) < 4.78 is 45.6. The number of amides is 2. The van der Waals surface area contributed by atoms with Crippen LogP contribution in [0.1, 0.15) is 33.1 Å². The van der Waals surface area contributed by atoms with Crippen LogP contribution in [-0.4, -0.2) is 88.2 Å². The van der Waals surface area contributed by atoms with Gasteiger partial charge < -0.3 is 24.0 Å². The molecule has 2 unspecified atom stereocenters. The highest BCUT2D eigenvalue weighted by atomic mass is 32.2. The molecule has 34 heavy (non-hydrogen) atoms. The molecule has 10 nitrogen and oxygen atoms in total. The van der Waals surface area contributed by atoms with Crippen molar-refractivity contribution in [1.82, 2.24) is 14.5 Å². The van der Waals surface area contributed by atoms with E-state index >= 15 is 0 Å². The van der Waals surface area contributed by atoms with Crippen molar-refractivity contribution < 1.29 is 32.2 Å². The fourth-order valence-electron chi connectivity index (χ4n) is 4.34. The quantitative estimate of drug-likeness (QED) is 0.626. The van der Waals surface area contributed by atoms with Crippen LogP contribution in [0.4, 0.5) is 0 Å². The summed E-state index contributed by atoms with van der Waals surface area (Å²) in [5.74, 6) is 0.287. The Hall–Kier alpha value is -2.37. The Bertz CT molecular complexity index is 1000. The molecule has 2 fully saturated rings. The minimum atomic E-state index is -3.98. The van der Waals surface area contributed by atoms with Crippen molar-refractivity contribution in [1.29, 1.82) is 0 Å². The molecule has 0 spiro atoms. The number of carbonyl (C=O) groups excluding carboxylic acids is 2. The molecule has 1 aromatic carbocycles. The maximum atomic E-state index is 13.3. The van der Waals surface area contributed by atoms with E-state index < -0.39 is 16.1 Å². The van der Waals surface area contributed by atoms with E-state index in [9.17, 15) is 18.0 Å². The Balaban J connectivity index is 1.41. The molecule has 11 heteroatoms. The summed E-state index contributed by atoms with van der Waals surface area (Å²) in [4.78, 5) is 29.2. The predicted molar refractivity (Wildman–Crippen MR) is 123 cm³/mol. The number of piperazine rings is 1. The fraction of sp³-hybridized carbons (Fsp3) is 0.652. The third-order valence-electron chi connectivity index (χ3n) is 6.35. The molecule has 1 aromatic rings. The van der Waals surface area contributed by atoms with E-state index in [1.165, 1.54) is 12.1 Å². The third-order valence-corrected chi connectivity index (χ3v) is 7.79. The maximum absolute atomic E-state index is 13.3. The van der Waals surface area contributed by atoms with Gasteiger partial charge in [-0.2, -0.15) is 4.72 Å². The zero-order chi connectivity index (χ0) is 24.3. The first-order chi connectivity index (χ1) is 16.3. The van der Waals surface area contributed by atoms with Gasteiger partial charge in [0.05, 0.1) is 18.1 Å². The van der Waals surface area contributed by atoms with Crippen LogP contribution in [0, 0.1) is 5.92 Å². The van der Waals surface area contributed by atoms with Crippen LogP contribution in [0.25, 0.3) is 0 Å². The van der Waals surface area contributed by atoms with Crippen LogP contribution in [0.15, 0.2) is 23.1 Å². The Labute approximate surface area is 200 Å². The zero-order valence-corrected chi connectivity index (χ0v) is 20.5. The molecule has 0 saturated carbocycles. The van der Waals surface area contributed by atoms with Gasteiger partial charge in [-0.15, -0.1) is 0 Å². The van der Waals surface area contributed by atoms with Gasteiger partial charge in [0.15, 0.2) is 11.5 Å². The lowest BCUT2D eigenvalue weighted by molar-refractivity contribution is -0.146. The normalized spacial score (nSPS) is 21.9. The molecule has 2 atom stereocenters. The van der Waals surface area contributed by atoms with E-state index in [1.54, 1.807) is 29.7 Å². The Morgan fingerprint density at radius 2 is 1.65 bits per heavy atom. The lowest BCUT2D eigenvalue weighted by atomic mass is 10.0. The highest BCUT2D eigenvalue weighted by molar-refractivity contribution is 7.89. The maximum Gasteiger partial charge on any atom is 0.251 e. The molecule has 0 aromatic heterocycles. The standard InChI is InChI=1S/C23H33N3O7S/c1-16(2)21(23(28)26-10-8-25(9-11-26)22(27)19-5-3-12-32-19)24-34(29,30)17-6-7-18-20(15-17)33-14-4-13-31-18/h6-7,15-16,19,21,24H,3-5,8-14H2,1-2H3. The van der Waals surface area contributed by atoms with Crippen molar-refractivity contribution >= 4 is 21.8 Å². The van der Waals surface area contributed by atoms with Crippen LogP contribution >= 0.6 is 0 Å². The van der Waals surface area contributed by atoms with E-state index in [0.29, 0.717) is 63.9 Å². The Morgan fingerprint density at radius 3 is 2.29 bits per heavy atom. The highest BCUT2D eigenvalue weighted by Gasteiger charge is 2.36. The summed E-state index contributed by atoms with van der Waals surface area (Å²) >= 11 is 0. The molecular formula is C23H33N3O7S. The Kier molecular flexibility index (Phi) is 7.63. The van der Waals surface area contributed by atoms with Gasteiger partial charge in [0.1, 0.15) is 12.1 Å². The van der Waals surface area contributed by atoms with Crippen LogP contribution in [0.3, 0.4) is 0 Å². The number of hydrogen-bond acceptors (Lipinski definition) is 7. The summed E-state index contributed by atoms with van der Waals surface area (Å²) in [6, 6.07) is 3.53. The second-order valence-corrected chi connectivity index (χ2v) is 10.9. The molecule has 4 rings (SSSR count). The number of nitrogens with one attached hydrogen (secondary N) is 1. The van der Waals surface area contributed by atoms with Gasteiger partial charge in [-0.3, -0.25) is 9.59 Å². The SMILES string of the molecule is CC(C)C(NS(=O)(=O)c1ccc2c(c1)OCCCO2)C(=O)N1CCN(C(=O)C2CCCO2)CC1. The number of ether oxygens (including phenoxy) is 3. The number of carbonyl (C=O) groups is 2. The highest BCUT2D eigenvalue weighted by Crippen LogP contribution is 2.32. The molecule has 0 aliphatic carbocycles. The first-order valence-corrected chi connectivity index (χ1v) is 13.4. The summed E-state index contributed by atoms with van der Waals surface area (Å²) in [5.41, 5.74) is 0. The number of sulfonamides is 1. The van der Waals surface area contributed by atoms with Crippen molar-refractivity contribution in [2.75, 3.05) is 46.0 Å². The number of rotatable bonds is 6. The number of benzene rings is 1. The molecule has 0 bridgehead atoms. The van der Waals surface area contributed by atoms with Crippen molar-refractivity contribution in [3.63, 3.8) is 0 Å². The predicted octanol–water partition coefficient (Wildman–Crippen LogP) is 1.00. The minimum absolute atomic E-state index is 0.0159. The smallest absolute Gasteiger partial charge is 0.251 e. The second-order valence-electron chi connectivity index (χ2n) is 9.15. The van der Waals surface area contributed by atoms with Gasteiger partial charge in [0, 0.05) is 45.3 Å². The van der Waals surface area contributed by atoms with Gasteiger partial charge in [0.25, 0.3) is 5.91 Å². The largest absolute Gasteiger partial charge is 0.490 e. The lowest BCUT2D eigenvalue weighted by Crippen LogP contribution is -2.58. The molecular weight excluding hydrogens is 462 g/mol. The summed E-state index contributed by atoms with van der Waals surface area (Å²) in [7, 11) is -3.98.